The van der Waals surface area contributed by atoms with Crippen molar-refractivity contribution in [3.8, 4) is 5.75 Å². The SMILES string of the molecule is CCCNC(c1ccc(OC(C)C)cc1)C(C)(C)CC. The quantitative estimate of drug-likeness (QED) is 0.726. The predicted octanol–water partition coefficient (Wildman–Crippen LogP) is 4.95. The molecule has 1 unspecified atom stereocenters. The maximum atomic E-state index is 5.72. The summed E-state index contributed by atoms with van der Waals surface area (Å²) in [6.45, 7) is 14.3. The molecule has 2 heteroatoms. The fourth-order valence-corrected chi connectivity index (χ4v) is 2.35. The van der Waals surface area contributed by atoms with Crippen LogP contribution in [0.1, 0.15) is 66.0 Å². The van der Waals surface area contributed by atoms with Crippen molar-refractivity contribution >= 4 is 0 Å². The van der Waals surface area contributed by atoms with Gasteiger partial charge in [0, 0.05) is 6.04 Å². The summed E-state index contributed by atoms with van der Waals surface area (Å²) < 4.78 is 5.72. The maximum Gasteiger partial charge on any atom is 0.119 e. The van der Waals surface area contributed by atoms with Gasteiger partial charge in [-0.2, -0.15) is 0 Å². The van der Waals surface area contributed by atoms with Crippen LogP contribution in [0.5, 0.6) is 5.75 Å². The molecule has 0 amide bonds. The van der Waals surface area contributed by atoms with Gasteiger partial charge in [-0.1, -0.05) is 39.8 Å². The second-order valence-corrected chi connectivity index (χ2v) is 6.46. The van der Waals surface area contributed by atoms with Crippen LogP contribution in [0.4, 0.5) is 0 Å². The molecule has 0 aliphatic carbocycles. The number of ether oxygens (including phenoxy) is 1. The number of hydrogen-bond donors (Lipinski definition) is 1. The zero-order valence-corrected chi connectivity index (χ0v) is 14.0. The summed E-state index contributed by atoms with van der Waals surface area (Å²) in [5.41, 5.74) is 1.59. The largest absolute Gasteiger partial charge is 0.491 e. The Morgan fingerprint density at radius 3 is 2.15 bits per heavy atom. The first-order valence-electron chi connectivity index (χ1n) is 7.90. The van der Waals surface area contributed by atoms with Gasteiger partial charge in [0.2, 0.25) is 0 Å². The topological polar surface area (TPSA) is 21.3 Å². The normalized spacial score (nSPS) is 13.6. The molecule has 0 saturated heterocycles. The average molecular weight is 277 g/mol. The minimum Gasteiger partial charge on any atom is -0.491 e. The Morgan fingerprint density at radius 1 is 1.10 bits per heavy atom. The molecule has 1 aromatic carbocycles. The first-order chi connectivity index (χ1) is 9.40. The molecule has 0 aromatic heterocycles. The van der Waals surface area contributed by atoms with Gasteiger partial charge in [-0.3, -0.25) is 0 Å². The zero-order chi connectivity index (χ0) is 15.2. The molecular formula is C18H31NO. The smallest absolute Gasteiger partial charge is 0.119 e. The van der Waals surface area contributed by atoms with E-state index in [1.54, 1.807) is 0 Å². The number of rotatable bonds is 8. The van der Waals surface area contributed by atoms with E-state index >= 15 is 0 Å². The van der Waals surface area contributed by atoms with Crippen LogP contribution in [0.15, 0.2) is 24.3 Å². The molecule has 1 N–H and O–H groups in total. The summed E-state index contributed by atoms with van der Waals surface area (Å²) in [5.74, 6) is 0.951. The van der Waals surface area contributed by atoms with Crippen molar-refractivity contribution in [1.82, 2.24) is 5.32 Å². The van der Waals surface area contributed by atoms with E-state index in [0.717, 1.165) is 25.1 Å². The predicted molar refractivity (Wildman–Crippen MR) is 87.3 cm³/mol. The summed E-state index contributed by atoms with van der Waals surface area (Å²) in [7, 11) is 0. The Labute approximate surface area is 124 Å². The highest BCUT2D eigenvalue weighted by Gasteiger charge is 2.28. The van der Waals surface area contributed by atoms with Gasteiger partial charge in [0.15, 0.2) is 0 Å². The second kappa shape index (κ2) is 7.68. The highest BCUT2D eigenvalue weighted by Crippen LogP contribution is 2.36. The number of benzene rings is 1. The van der Waals surface area contributed by atoms with Crippen LogP contribution in [-0.2, 0) is 0 Å². The molecule has 1 atom stereocenters. The molecule has 0 radical (unpaired) electrons. The summed E-state index contributed by atoms with van der Waals surface area (Å²) in [5, 5.41) is 3.70. The van der Waals surface area contributed by atoms with Gasteiger partial charge in [-0.05, 0) is 56.3 Å². The lowest BCUT2D eigenvalue weighted by atomic mass is 9.78. The van der Waals surface area contributed by atoms with Crippen molar-refractivity contribution in [3.05, 3.63) is 29.8 Å². The van der Waals surface area contributed by atoms with Gasteiger partial charge in [0.1, 0.15) is 5.75 Å². The third-order valence-corrected chi connectivity index (χ3v) is 3.88. The van der Waals surface area contributed by atoms with Gasteiger partial charge < -0.3 is 10.1 Å². The fraction of sp³-hybridized carbons (Fsp3) is 0.667. The summed E-state index contributed by atoms with van der Waals surface area (Å²) >= 11 is 0. The maximum absolute atomic E-state index is 5.72. The molecule has 0 spiro atoms. The first-order valence-corrected chi connectivity index (χ1v) is 7.90. The van der Waals surface area contributed by atoms with Crippen molar-refractivity contribution in [1.29, 1.82) is 0 Å². The molecule has 114 valence electrons. The third-order valence-electron chi connectivity index (χ3n) is 3.88. The summed E-state index contributed by atoms with van der Waals surface area (Å²) in [6.07, 6.45) is 2.53. The van der Waals surface area contributed by atoms with Crippen LogP contribution in [0.25, 0.3) is 0 Å². The minimum atomic E-state index is 0.224. The van der Waals surface area contributed by atoms with Crippen LogP contribution in [-0.4, -0.2) is 12.6 Å². The third kappa shape index (κ3) is 4.82. The van der Waals surface area contributed by atoms with Crippen LogP contribution in [0.3, 0.4) is 0 Å². The van der Waals surface area contributed by atoms with Crippen molar-refractivity contribution in [2.75, 3.05) is 6.54 Å². The Bertz CT molecular complexity index is 381. The molecular weight excluding hydrogens is 246 g/mol. The second-order valence-electron chi connectivity index (χ2n) is 6.46. The molecule has 0 fully saturated rings. The molecule has 1 aromatic rings. The highest BCUT2D eigenvalue weighted by atomic mass is 16.5. The van der Waals surface area contributed by atoms with Crippen molar-refractivity contribution < 1.29 is 4.74 Å². The Hall–Kier alpha value is -1.02. The molecule has 0 saturated carbocycles. The van der Waals surface area contributed by atoms with E-state index in [1.165, 1.54) is 5.56 Å². The molecule has 0 bridgehead atoms. The molecule has 0 heterocycles. The van der Waals surface area contributed by atoms with Crippen molar-refractivity contribution in [2.45, 2.75) is 66.5 Å². The van der Waals surface area contributed by atoms with Gasteiger partial charge in [-0.15, -0.1) is 0 Å². The van der Waals surface area contributed by atoms with Gasteiger partial charge in [0.25, 0.3) is 0 Å². The van der Waals surface area contributed by atoms with E-state index in [2.05, 4.69) is 71.1 Å². The Morgan fingerprint density at radius 2 is 1.70 bits per heavy atom. The first kappa shape index (κ1) is 17.0. The van der Waals surface area contributed by atoms with Crippen LogP contribution in [0, 0.1) is 5.41 Å². The van der Waals surface area contributed by atoms with E-state index in [4.69, 9.17) is 4.74 Å². The van der Waals surface area contributed by atoms with Crippen molar-refractivity contribution in [3.63, 3.8) is 0 Å². The molecule has 2 nitrogen and oxygen atoms in total. The Balaban J connectivity index is 2.90. The van der Waals surface area contributed by atoms with Gasteiger partial charge in [-0.25, -0.2) is 0 Å². The lowest BCUT2D eigenvalue weighted by molar-refractivity contribution is 0.232. The standard InChI is InChI=1S/C18H31NO/c1-7-13-19-17(18(5,6)8-2)15-9-11-16(12-10-15)20-14(3)4/h9-12,14,17,19H,7-8,13H2,1-6H3. The van der Waals surface area contributed by atoms with E-state index in [0.29, 0.717) is 6.04 Å². The molecule has 1 rings (SSSR count). The van der Waals surface area contributed by atoms with Crippen molar-refractivity contribution in [2.24, 2.45) is 5.41 Å². The van der Waals surface area contributed by atoms with Gasteiger partial charge in [0.05, 0.1) is 6.10 Å². The monoisotopic (exact) mass is 277 g/mol. The van der Waals surface area contributed by atoms with Crippen LogP contribution in [0.2, 0.25) is 0 Å². The summed E-state index contributed by atoms with van der Waals surface area (Å²) in [4.78, 5) is 0. The molecule has 20 heavy (non-hydrogen) atoms. The lowest BCUT2D eigenvalue weighted by Gasteiger charge is -2.35. The lowest BCUT2D eigenvalue weighted by Crippen LogP contribution is -2.34. The van der Waals surface area contributed by atoms with Crippen LogP contribution < -0.4 is 10.1 Å². The summed E-state index contributed by atoms with van der Waals surface area (Å²) in [6, 6.07) is 8.95. The fourth-order valence-electron chi connectivity index (χ4n) is 2.35. The highest BCUT2D eigenvalue weighted by molar-refractivity contribution is 5.30. The van der Waals surface area contributed by atoms with Crippen LogP contribution >= 0.6 is 0 Å². The van der Waals surface area contributed by atoms with E-state index in [1.807, 2.05) is 0 Å². The zero-order valence-electron chi connectivity index (χ0n) is 14.0. The Kier molecular flexibility index (Phi) is 6.54. The van der Waals surface area contributed by atoms with Gasteiger partial charge >= 0.3 is 0 Å². The van der Waals surface area contributed by atoms with E-state index < -0.39 is 0 Å². The van der Waals surface area contributed by atoms with E-state index in [9.17, 15) is 0 Å². The van der Waals surface area contributed by atoms with E-state index in [-0.39, 0.29) is 11.5 Å². The minimum absolute atomic E-state index is 0.224. The number of nitrogens with one attached hydrogen (secondary N) is 1. The molecule has 0 aliphatic heterocycles. The average Bonchev–Trinajstić information content (AvgIpc) is 2.40. The molecule has 0 aliphatic rings. The number of hydrogen-bond acceptors (Lipinski definition) is 2.